The van der Waals surface area contributed by atoms with Gasteiger partial charge in [-0.25, -0.2) is 13.1 Å². The van der Waals surface area contributed by atoms with Gasteiger partial charge in [0.25, 0.3) is 5.91 Å². The molecule has 2 N–H and O–H groups in total. The molecule has 6 nitrogen and oxygen atoms in total. The Balaban J connectivity index is 1.90. The van der Waals surface area contributed by atoms with Crippen molar-refractivity contribution in [1.29, 1.82) is 0 Å². The molecule has 0 radical (unpaired) electrons. The number of anilines is 1. The van der Waals surface area contributed by atoms with Crippen molar-refractivity contribution in [2.24, 2.45) is 0 Å². The van der Waals surface area contributed by atoms with Gasteiger partial charge in [-0.2, -0.15) is 0 Å². The van der Waals surface area contributed by atoms with Gasteiger partial charge in [0.05, 0.1) is 17.2 Å². The molecule has 0 aliphatic heterocycles. The zero-order valence-corrected chi connectivity index (χ0v) is 15.7. The highest BCUT2D eigenvalue weighted by atomic mass is 35.5. The molecule has 138 valence electrons. The fraction of sp³-hybridized carbons (Fsp3) is 0.278. The molecule has 0 unspecified atom stereocenters. The second-order valence-electron chi connectivity index (χ2n) is 5.95. The van der Waals surface area contributed by atoms with Crippen molar-refractivity contribution in [2.45, 2.75) is 30.7 Å². The van der Waals surface area contributed by atoms with Gasteiger partial charge in [0.15, 0.2) is 0 Å². The van der Waals surface area contributed by atoms with E-state index >= 15 is 0 Å². The van der Waals surface area contributed by atoms with Gasteiger partial charge in [0.1, 0.15) is 5.75 Å². The Labute approximate surface area is 157 Å². The van der Waals surface area contributed by atoms with E-state index in [2.05, 4.69) is 10.0 Å². The van der Waals surface area contributed by atoms with Crippen LogP contribution in [0.15, 0.2) is 47.4 Å². The highest BCUT2D eigenvalue weighted by Gasteiger charge is 2.28. The third kappa shape index (κ3) is 4.55. The fourth-order valence-corrected chi connectivity index (χ4v) is 3.89. The normalized spacial score (nSPS) is 14.1. The first-order valence-corrected chi connectivity index (χ1v) is 10.1. The van der Waals surface area contributed by atoms with Crippen molar-refractivity contribution >= 4 is 33.2 Å². The standard InChI is InChI=1S/C18H19ClN2O4S/c1-2-25-17-9-8-15(26(23,24)21-14-6-7-14)11-16(17)20-18(22)12-4-3-5-13(19)10-12/h3-5,8-11,14,21H,2,6-7H2,1H3,(H,20,22). The van der Waals surface area contributed by atoms with E-state index in [1.807, 2.05) is 6.92 Å². The third-order valence-electron chi connectivity index (χ3n) is 3.80. The van der Waals surface area contributed by atoms with E-state index in [-0.39, 0.29) is 16.6 Å². The Bertz CT molecular complexity index is 927. The first-order chi connectivity index (χ1) is 12.4. The summed E-state index contributed by atoms with van der Waals surface area (Å²) < 4.78 is 33.0. The molecule has 0 bridgehead atoms. The Morgan fingerprint density at radius 3 is 2.65 bits per heavy atom. The molecule has 8 heteroatoms. The maximum absolute atomic E-state index is 12.5. The van der Waals surface area contributed by atoms with E-state index < -0.39 is 15.9 Å². The summed E-state index contributed by atoms with van der Waals surface area (Å²) in [4.78, 5) is 12.6. The third-order valence-corrected chi connectivity index (χ3v) is 5.55. The lowest BCUT2D eigenvalue weighted by molar-refractivity contribution is 0.102. The second-order valence-corrected chi connectivity index (χ2v) is 8.10. The van der Waals surface area contributed by atoms with Gasteiger partial charge in [-0.1, -0.05) is 17.7 Å². The topological polar surface area (TPSA) is 84.5 Å². The summed E-state index contributed by atoms with van der Waals surface area (Å²) >= 11 is 5.92. The number of rotatable bonds is 7. The lowest BCUT2D eigenvalue weighted by Crippen LogP contribution is -2.26. The number of benzene rings is 2. The van der Waals surface area contributed by atoms with Crippen LogP contribution in [0, 0.1) is 0 Å². The molecular formula is C18H19ClN2O4S. The van der Waals surface area contributed by atoms with E-state index in [1.165, 1.54) is 18.2 Å². The molecule has 0 aromatic heterocycles. The maximum Gasteiger partial charge on any atom is 0.255 e. The summed E-state index contributed by atoms with van der Waals surface area (Å²) in [5, 5.41) is 3.14. The molecule has 1 amide bonds. The number of carbonyl (C=O) groups excluding carboxylic acids is 1. The fourth-order valence-electron chi connectivity index (χ4n) is 2.37. The SMILES string of the molecule is CCOc1ccc(S(=O)(=O)NC2CC2)cc1NC(=O)c1cccc(Cl)c1. The maximum atomic E-state index is 12.5. The lowest BCUT2D eigenvalue weighted by atomic mass is 10.2. The van der Waals surface area contributed by atoms with Crippen LogP contribution in [0.5, 0.6) is 5.75 Å². The molecule has 1 fully saturated rings. The Morgan fingerprint density at radius 1 is 1.23 bits per heavy atom. The average molecular weight is 395 g/mol. The largest absolute Gasteiger partial charge is 0.492 e. The number of hydrogen-bond donors (Lipinski definition) is 2. The van der Waals surface area contributed by atoms with Crippen LogP contribution in [0.3, 0.4) is 0 Å². The van der Waals surface area contributed by atoms with Crippen molar-refractivity contribution in [3.05, 3.63) is 53.1 Å². The van der Waals surface area contributed by atoms with Crippen LogP contribution in [0.4, 0.5) is 5.69 Å². The molecule has 2 aromatic carbocycles. The predicted molar refractivity (Wildman–Crippen MR) is 100 cm³/mol. The minimum absolute atomic E-state index is 0.00364. The summed E-state index contributed by atoms with van der Waals surface area (Å²) in [6.45, 7) is 2.19. The Kier molecular flexibility index (Phi) is 5.50. The van der Waals surface area contributed by atoms with Gasteiger partial charge < -0.3 is 10.1 Å². The van der Waals surface area contributed by atoms with Crippen molar-refractivity contribution in [2.75, 3.05) is 11.9 Å². The van der Waals surface area contributed by atoms with Gasteiger partial charge >= 0.3 is 0 Å². The quantitative estimate of drug-likeness (QED) is 0.753. The second kappa shape index (κ2) is 7.65. The van der Waals surface area contributed by atoms with Crippen LogP contribution in [-0.4, -0.2) is 27.0 Å². The average Bonchev–Trinajstić information content (AvgIpc) is 3.39. The molecule has 3 rings (SSSR count). The molecule has 2 aromatic rings. The van der Waals surface area contributed by atoms with Gasteiger partial charge in [0.2, 0.25) is 10.0 Å². The number of sulfonamides is 1. The number of nitrogens with one attached hydrogen (secondary N) is 2. The lowest BCUT2D eigenvalue weighted by Gasteiger charge is -2.14. The van der Waals surface area contributed by atoms with Crippen LogP contribution in [0.1, 0.15) is 30.1 Å². The van der Waals surface area contributed by atoms with Crippen LogP contribution in [0.2, 0.25) is 5.02 Å². The molecule has 0 atom stereocenters. The minimum Gasteiger partial charge on any atom is -0.492 e. The van der Waals surface area contributed by atoms with E-state index in [9.17, 15) is 13.2 Å². The number of halogens is 1. The van der Waals surface area contributed by atoms with Crippen molar-refractivity contribution in [1.82, 2.24) is 4.72 Å². The number of carbonyl (C=O) groups is 1. The Hall–Kier alpha value is -2.09. The molecule has 26 heavy (non-hydrogen) atoms. The van der Waals surface area contributed by atoms with Crippen LogP contribution in [-0.2, 0) is 10.0 Å². The molecule has 1 aliphatic carbocycles. The highest BCUT2D eigenvalue weighted by Crippen LogP contribution is 2.30. The van der Waals surface area contributed by atoms with Gasteiger partial charge in [0, 0.05) is 16.6 Å². The summed E-state index contributed by atoms with van der Waals surface area (Å²) in [5.74, 6) is -0.00796. The van der Waals surface area contributed by atoms with Gasteiger partial charge in [-0.3, -0.25) is 4.79 Å². The summed E-state index contributed by atoms with van der Waals surface area (Å²) in [6.07, 6.45) is 1.68. The van der Waals surface area contributed by atoms with E-state index in [0.717, 1.165) is 12.8 Å². The van der Waals surface area contributed by atoms with Crippen molar-refractivity contribution in [3.63, 3.8) is 0 Å². The molecular weight excluding hydrogens is 376 g/mol. The number of hydrogen-bond acceptors (Lipinski definition) is 4. The first-order valence-electron chi connectivity index (χ1n) is 8.25. The van der Waals surface area contributed by atoms with Crippen LogP contribution >= 0.6 is 11.6 Å². The van der Waals surface area contributed by atoms with E-state index in [4.69, 9.17) is 16.3 Å². The molecule has 0 saturated heterocycles. The van der Waals surface area contributed by atoms with Crippen LogP contribution in [0.25, 0.3) is 0 Å². The summed E-state index contributed by atoms with van der Waals surface area (Å²) in [6, 6.07) is 10.9. The zero-order chi connectivity index (χ0) is 18.7. The highest BCUT2D eigenvalue weighted by molar-refractivity contribution is 7.89. The first kappa shape index (κ1) is 18.7. The molecule has 1 saturated carbocycles. The van der Waals surface area contributed by atoms with Gasteiger partial charge in [-0.15, -0.1) is 0 Å². The molecule has 0 heterocycles. The van der Waals surface area contributed by atoms with Gasteiger partial charge in [-0.05, 0) is 56.2 Å². The molecule has 1 aliphatic rings. The van der Waals surface area contributed by atoms with E-state index in [1.54, 1.807) is 24.3 Å². The minimum atomic E-state index is -3.64. The molecule has 0 spiro atoms. The number of ether oxygens (including phenoxy) is 1. The summed E-state index contributed by atoms with van der Waals surface area (Å²) in [7, 11) is -3.64. The van der Waals surface area contributed by atoms with Crippen LogP contribution < -0.4 is 14.8 Å². The van der Waals surface area contributed by atoms with Crippen molar-refractivity contribution in [3.8, 4) is 5.75 Å². The smallest absolute Gasteiger partial charge is 0.255 e. The zero-order valence-electron chi connectivity index (χ0n) is 14.2. The Morgan fingerprint density at radius 2 is 2.00 bits per heavy atom. The predicted octanol–water partition coefficient (Wildman–Crippen LogP) is 3.43. The summed E-state index contributed by atoms with van der Waals surface area (Å²) in [5.41, 5.74) is 0.653. The van der Waals surface area contributed by atoms with E-state index in [0.29, 0.717) is 22.9 Å². The van der Waals surface area contributed by atoms with Crippen molar-refractivity contribution < 1.29 is 17.9 Å². The number of amides is 1. The monoisotopic (exact) mass is 394 g/mol.